The van der Waals surface area contributed by atoms with Crippen molar-refractivity contribution in [1.82, 2.24) is 4.90 Å². The summed E-state index contributed by atoms with van der Waals surface area (Å²) in [5.74, 6) is 0.644. The first-order chi connectivity index (χ1) is 10.1. The fourth-order valence-electron chi connectivity index (χ4n) is 2.30. The van der Waals surface area contributed by atoms with Crippen LogP contribution in [0.2, 0.25) is 5.02 Å². The predicted molar refractivity (Wildman–Crippen MR) is 81.7 cm³/mol. The third-order valence-electron chi connectivity index (χ3n) is 3.41. The number of hydrogen-bond donors (Lipinski definition) is 1. The van der Waals surface area contributed by atoms with Gasteiger partial charge < -0.3 is 20.1 Å². The summed E-state index contributed by atoms with van der Waals surface area (Å²) in [6.45, 7) is 4.66. The van der Waals surface area contributed by atoms with Gasteiger partial charge in [0, 0.05) is 18.1 Å². The minimum absolute atomic E-state index is 0.0213. The molecule has 1 aromatic carbocycles. The third kappa shape index (κ3) is 4.33. The van der Waals surface area contributed by atoms with Crippen molar-refractivity contribution in [3.05, 3.63) is 28.8 Å². The molecule has 0 radical (unpaired) electrons. The zero-order chi connectivity index (χ0) is 15.2. The molecule has 0 aromatic heterocycles. The zero-order valence-corrected chi connectivity index (χ0v) is 12.9. The molecular formula is C15H21ClN2O3. The SMILES string of the molecule is CC(Oc1ccc(Cl)cc1CCN)C(=O)N1CCOCC1. The Morgan fingerprint density at radius 3 is 2.86 bits per heavy atom. The average Bonchev–Trinajstić information content (AvgIpc) is 2.50. The van der Waals surface area contributed by atoms with Gasteiger partial charge in [-0.3, -0.25) is 4.79 Å². The fraction of sp³-hybridized carbons (Fsp3) is 0.533. The minimum Gasteiger partial charge on any atom is -0.481 e. The van der Waals surface area contributed by atoms with E-state index in [1.54, 1.807) is 24.0 Å². The first kappa shape index (κ1) is 16.1. The maximum Gasteiger partial charge on any atom is 0.263 e. The van der Waals surface area contributed by atoms with Crippen LogP contribution in [0.4, 0.5) is 0 Å². The van der Waals surface area contributed by atoms with E-state index in [1.807, 2.05) is 6.07 Å². The number of carbonyl (C=O) groups is 1. The van der Waals surface area contributed by atoms with Crippen LogP contribution in [0.1, 0.15) is 12.5 Å². The largest absolute Gasteiger partial charge is 0.481 e. The van der Waals surface area contributed by atoms with Gasteiger partial charge in [-0.15, -0.1) is 0 Å². The van der Waals surface area contributed by atoms with Gasteiger partial charge in [0.15, 0.2) is 6.10 Å². The highest BCUT2D eigenvalue weighted by molar-refractivity contribution is 6.30. The first-order valence-corrected chi connectivity index (χ1v) is 7.51. The van der Waals surface area contributed by atoms with Gasteiger partial charge in [-0.2, -0.15) is 0 Å². The molecule has 1 fully saturated rings. The van der Waals surface area contributed by atoms with E-state index < -0.39 is 6.10 Å². The summed E-state index contributed by atoms with van der Waals surface area (Å²) in [5, 5.41) is 0.637. The maximum absolute atomic E-state index is 12.3. The molecule has 1 aliphatic rings. The second-order valence-electron chi connectivity index (χ2n) is 4.99. The van der Waals surface area contributed by atoms with Gasteiger partial charge >= 0.3 is 0 Å². The molecule has 1 saturated heterocycles. The van der Waals surface area contributed by atoms with Gasteiger partial charge in [-0.1, -0.05) is 11.6 Å². The van der Waals surface area contributed by atoms with Crippen LogP contribution in [0.15, 0.2) is 18.2 Å². The van der Waals surface area contributed by atoms with E-state index in [0.29, 0.717) is 50.0 Å². The molecule has 5 nitrogen and oxygen atoms in total. The Balaban J connectivity index is 2.04. The lowest BCUT2D eigenvalue weighted by atomic mass is 10.1. The second-order valence-corrected chi connectivity index (χ2v) is 5.42. The monoisotopic (exact) mass is 312 g/mol. The molecule has 1 heterocycles. The second kappa shape index (κ2) is 7.64. The van der Waals surface area contributed by atoms with Crippen molar-refractivity contribution < 1.29 is 14.3 Å². The Hall–Kier alpha value is -1.30. The van der Waals surface area contributed by atoms with Crippen molar-refractivity contribution >= 4 is 17.5 Å². The van der Waals surface area contributed by atoms with Crippen LogP contribution < -0.4 is 10.5 Å². The topological polar surface area (TPSA) is 64.8 Å². The van der Waals surface area contributed by atoms with Crippen LogP contribution in [-0.2, 0) is 16.0 Å². The van der Waals surface area contributed by atoms with Gasteiger partial charge in [0.05, 0.1) is 13.2 Å². The number of rotatable bonds is 5. The lowest BCUT2D eigenvalue weighted by Crippen LogP contribution is -2.46. The number of hydrogen-bond acceptors (Lipinski definition) is 4. The van der Waals surface area contributed by atoms with Crippen LogP contribution in [0, 0.1) is 0 Å². The smallest absolute Gasteiger partial charge is 0.263 e. The molecule has 2 rings (SSSR count). The number of carbonyl (C=O) groups excluding carboxylic acids is 1. The molecule has 1 amide bonds. The molecule has 0 aliphatic carbocycles. The van der Waals surface area contributed by atoms with Gasteiger partial charge in [0.2, 0.25) is 0 Å². The molecule has 0 spiro atoms. The van der Waals surface area contributed by atoms with E-state index >= 15 is 0 Å². The van der Waals surface area contributed by atoms with E-state index in [-0.39, 0.29) is 5.91 Å². The van der Waals surface area contributed by atoms with E-state index in [0.717, 1.165) is 5.56 Å². The van der Waals surface area contributed by atoms with Crippen molar-refractivity contribution in [1.29, 1.82) is 0 Å². The molecule has 116 valence electrons. The van der Waals surface area contributed by atoms with Crippen molar-refractivity contribution in [3.63, 3.8) is 0 Å². The van der Waals surface area contributed by atoms with E-state index in [2.05, 4.69) is 0 Å². The van der Waals surface area contributed by atoms with Crippen LogP contribution in [0.5, 0.6) is 5.75 Å². The predicted octanol–water partition coefficient (Wildman–Crippen LogP) is 1.47. The summed E-state index contributed by atoms with van der Waals surface area (Å²) in [5.41, 5.74) is 6.52. The number of halogens is 1. The van der Waals surface area contributed by atoms with Gasteiger partial charge in [-0.05, 0) is 43.7 Å². The molecule has 1 atom stereocenters. The minimum atomic E-state index is -0.541. The summed E-state index contributed by atoms with van der Waals surface area (Å²) in [4.78, 5) is 14.1. The quantitative estimate of drug-likeness (QED) is 0.894. The Morgan fingerprint density at radius 2 is 2.19 bits per heavy atom. The maximum atomic E-state index is 12.3. The lowest BCUT2D eigenvalue weighted by molar-refractivity contribution is -0.142. The van der Waals surface area contributed by atoms with Crippen molar-refractivity contribution in [2.75, 3.05) is 32.8 Å². The number of nitrogens with zero attached hydrogens (tertiary/aromatic N) is 1. The first-order valence-electron chi connectivity index (χ1n) is 7.13. The molecule has 1 aliphatic heterocycles. The van der Waals surface area contributed by atoms with E-state index in [1.165, 1.54) is 0 Å². The van der Waals surface area contributed by atoms with Gasteiger partial charge in [0.25, 0.3) is 5.91 Å². The number of morpholine rings is 1. The summed E-state index contributed by atoms with van der Waals surface area (Å²) in [7, 11) is 0. The molecule has 1 aromatic rings. The number of amides is 1. The van der Waals surface area contributed by atoms with Crippen LogP contribution in [0.3, 0.4) is 0 Å². The number of benzene rings is 1. The number of nitrogens with two attached hydrogens (primary N) is 1. The lowest BCUT2D eigenvalue weighted by Gasteiger charge is -2.29. The molecular weight excluding hydrogens is 292 g/mol. The van der Waals surface area contributed by atoms with Crippen molar-refractivity contribution in [3.8, 4) is 5.75 Å². The van der Waals surface area contributed by atoms with Crippen LogP contribution >= 0.6 is 11.6 Å². The summed E-state index contributed by atoms with van der Waals surface area (Å²) in [6, 6.07) is 5.37. The summed E-state index contributed by atoms with van der Waals surface area (Å²) < 4.78 is 11.1. The highest BCUT2D eigenvalue weighted by atomic mass is 35.5. The molecule has 2 N–H and O–H groups in total. The average molecular weight is 313 g/mol. The zero-order valence-electron chi connectivity index (χ0n) is 12.2. The van der Waals surface area contributed by atoms with Crippen molar-refractivity contribution in [2.45, 2.75) is 19.4 Å². The normalized spacial score (nSPS) is 16.6. The standard InChI is InChI=1S/C15H21ClN2O3/c1-11(15(19)18-6-8-20-9-7-18)21-14-3-2-13(16)10-12(14)4-5-17/h2-3,10-11H,4-9,17H2,1H3. The Labute approximate surface area is 130 Å². The molecule has 6 heteroatoms. The molecule has 21 heavy (non-hydrogen) atoms. The van der Waals surface area contributed by atoms with Crippen LogP contribution in [-0.4, -0.2) is 49.8 Å². The molecule has 0 bridgehead atoms. The van der Waals surface area contributed by atoms with Crippen LogP contribution in [0.25, 0.3) is 0 Å². The third-order valence-corrected chi connectivity index (χ3v) is 3.65. The summed E-state index contributed by atoms with van der Waals surface area (Å²) in [6.07, 6.45) is 0.120. The Morgan fingerprint density at radius 1 is 1.48 bits per heavy atom. The fourth-order valence-corrected chi connectivity index (χ4v) is 2.49. The van der Waals surface area contributed by atoms with Gasteiger partial charge in [0.1, 0.15) is 5.75 Å². The highest BCUT2D eigenvalue weighted by Crippen LogP contribution is 2.24. The van der Waals surface area contributed by atoms with E-state index in [4.69, 9.17) is 26.8 Å². The highest BCUT2D eigenvalue weighted by Gasteiger charge is 2.24. The summed E-state index contributed by atoms with van der Waals surface area (Å²) >= 11 is 5.99. The number of ether oxygens (including phenoxy) is 2. The molecule has 1 unspecified atom stereocenters. The van der Waals surface area contributed by atoms with E-state index in [9.17, 15) is 4.79 Å². The van der Waals surface area contributed by atoms with Gasteiger partial charge in [-0.25, -0.2) is 0 Å². The Bertz CT molecular complexity index is 490. The van der Waals surface area contributed by atoms with Crippen molar-refractivity contribution in [2.24, 2.45) is 5.73 Å². The molecule has 0 saturated carbocycles. The Kier molecular flexibility index (Phi) is 5.85.